The fourth-order valence-corrected chi connectivity index (χ4v) is 3.04. The third-order valence-corrected chi connectivity index (χ3v) is 4.75. The summed E-state index contributed by atoms with van der Waals surface area (Å²) in [6.45, 7) is 0. The minimum absolute atomic E-state index is 0.132. The topological polar surface area (TPSA) is 70.5 Å². The maximum absolute atomic E-state index is 12.5. The van der Waals surface area contributed by atoms with Crippen LogP contribution < -0.4 is 0 Å². The monoisotopic (exact) mass is 398 g/mol. The highest BCUT2D eigenvalue weighted by molar-refractivity contribution is 7.99. The number of alkyl halides is 3. The molecule has 1 heterocycles. The fraction of sp³-hybridized carbons (Fsp3) is 0.278. The minimum Gasteiger partial charge on any atom is -0.480 e. The maximum atomic E-state index is 12.5. The van der Waals surface area contributed by atoms with Crippen LogP contribution in [-0.2, 0) is 22.2 Å². The van der Waals surface area contributed by atoms with Gasteiger partial charge in [0.15, 0.2) is 0 Å². The van der Waals surface area contributed by atoms with Crippen molar-refractivity contribution in [1.82, 2.24) is 9.88 Å². The van der Waals surface area contributed by atoms with E-state index in [2.05, 4.69) is 4.98 Å². The molecule has 0 radical (unpaired) electrons. The number of benzene rings is 1. The molecule has 2 rings (SSSR count). The molecular formula is C18H17F3N2O3S. The SMILES string of the molecule is CN(C(=O)CSc1ccc(C(F)(F)F)cn1)C(Cc1ccccc1)C(=O)O. The van der Waals surface area contributed by atoms with Crippen molar-refractivity contribution < 1.29 is 27.9 Å². The molecular weight excluding hydrogens is 381 g/mol. The summed E-state index contributed by atoms with van der Waals surface area (Å²) in [7, 11) is 1.39. The van der Waals surface area contributed by atoms with E-state index in [1.165, 1.54) is 13.1 Å². The van der Waals surface area contributed by atoms with Crippen molar-refractivity contribution in [3.05, 3.63) is 59.8 Å². The second-order valence-electron chi connectivity index (χ2n) is 5.72. The Morgan fingerprint density at radius 2 is 1.85 bits per heavy atom. The van der Waals surface area contributed by atoms with Crippen molar-refractivity contribution >= 4 is 23.6 Å². The van der Waals surface area contributed by atoms with E-state index >= 15 is 0 Å². The molecule has 0 saturated carbocycles. The first-order valence-corrected chi connectivity index (χ1v) is 8.85. The van der Waals surface area contributed by atoms with Crippen LogP contribution in [0.5, 0.6) is 0 Å². The Bertz CT molecular complexity index is 783. The van der Waals surface area contributed by atoms with Crippen LogP contribution in [0.4, 0.5) is 13.2 Å². The average Bonchev–Trinajstić information content (AvgIpc) is 2.64. The number of hydrogen-bond donors (Lipinski definition) is 1. The smallest absolute Gasteiger partial charge is 0.417 e. The van der Waals surface area contributed by atoms with Gasteiger partial charge in [0.05, 0.1) is 16.3 Å². The van der Waals surface area contributed by atoms with Crippen LogP contribution in [0.25, 0.3) is 0 Å². The van der Waals surface area contributed by atoms with Gasteiger partial charge in [0.2, 0.25) is 5.91 Å². The highest BCUT2D eigenvalue weighted by Crippen LogP contribution is 2.29. The Morgan fingerprint density at radius 3 is 2.37 bits per heavy atom. The van der Waals surface area contributed by atoms with E-state index in [1.807, 2.05) is 6.07 Å². The van der Waals surface area contributed by atoms with Gasteiger partial charge in [-0.05, 0) is 17.7 Å². The summed E-state index contributed by atoms with van der Waals surface area (Å²) >= 11 is 0.949. The zero-order chi connectivity index (χ0) is 20.0. The van der Waals surface area contributed by atoms with Crippen molar-refractivity contribution in [2.24, 2.45) is 0 Å². The number of rotatable bonds is 7. The second-order valence-corrected chi connectivity index (χ2v) is 6.72. The predicted molar refractivity (Wildman–Crippen MR) is 94.3 cm³/mol. The van der Waals surface area contributed by atoms with E-state index in [1.54, 1.807) is 24.3 Å². The number of amides is 1. The van der Waals surface area contributed by atoms with E-state index in [9.17, 15) is 27.9 Å². The van der Waals surface area contributed by atoms with Gasteiger partial charge >= 0.3 is 12.1 Å². The molecule has 0 spiro atoms. The Balaban J connectivity index is 1.97. The molecule has 1 aromatic heterocycles. The Morgan fingerprint density at radius 1 is 1.19 bits per heavy atom. The highest BCUT2D eigenvalue weighted by Gasteiger charge is 2.31. The molecule has 1 atom stereocenters. The van der Waals surface area contributed by atoms with E-state index in [4.69, 9.17) is 0 Å². The van der Waals surface area contributed by atoms with Crippen molar-refractivity contribution in [2.75, 3.05) is 12.8 Å². The lowest BCUT2D eigenvalue weighted by Crippen LogP contribution is -2.44. The van der Waals surface area contributed by atoms with Crippen LogP contribution in [0, 0.1) is 0 Å². The van der Waals surface area contributed by atoms with Crippen molar-refractivity contribution in [3.8, 4) is 0 Å². The van der Waals surface area contributed by atoms with Gasteiger partial charge < -0.3 is 10.0 Å². The molecule has 0 aliphatic carbocycles. The number of carboxylic acids is 1. The first kappa shape index (κ1) is 20.8. The number of carbonyl (C=O) groups is 2. The molecule has 1 unspecified atom stereocenters. The molecule has 1 amide bonds. The molecule has 0 fully saturated rings. The summed E-state index contributed by atoms with van der Waals surface area (Å²) < 4.78 is 37.6. The molecule has 5 nitrogen and oxygen atoms in total. The van der Waals surface area contributed by atoms with E-state index in [0.717, 1.165) is 28.3 Å². The lowest BCUT2D eigenvalue weighted by atomic mass is 10.1. The van der Waals surface area contributed by atoms with Gasteiger partial charge in [0.1, 0.15) is 6.04 Å². The molecule has 1 aromatic carbocycles. The fourth-order valence-electron chi connectivity index (χ4n) is 2.27. The number of halogens is 3. The van der Waals surface area contributed by atoms with Crippen LogP contribution >= 0.6 is 11.8 Å². The van der Waals surface area contributed by atoms with Gasteiger partial charge in [-0.25, -0.2) is 9.78 Å². The van der Waals surface area contributed by atoms with E-state index in [0.29, 0.717) is 6.20 Å². The number of pyridine rings is 1. The Hall–Kier alpha value is -2.55. The van der Waals surface area contributed by atoms with Gasteiger partial charge in [-0.2, -0.15) is 13.2 Å². The molecule has 144 valence electrons. The second kappa shape index (κ2) is 8.90. The molecule has 2 aromatic rings. The normalized spacial score (nSPS) is 12.4. The summed E-state index contributed by atoms with van der Waals surface area (Å²) in [6.07, 6.45) is -3.62. The summed E-state index contributed by atoms with van der Waals surface area (Å²) in [6, 6.07) is 9.94. The molecule has 9 heteroatoms. The zero-order valence-corrected chi connectivity index (χ0v) is 15.1. The minimum atomic E-state index is -4.47. The molecule has 0 saturated heterocycles. The van der Waals surface area contributed by atoms with Gasteiger partial charge in [0, 0.05) is 19.7 Å². The Kier molecular flexibility index (Phi) is 6.84. The number of thioether (sulfide) groups is 1. The van der Waals surface area contributed by atoms with Gasteiger partial charge in [-0.15, -0.1) is 0 Å². The number of likely N-dealkylation sites (N-methyl/N-ethyl adjacent to an activating group) is 1. The first-order valence-electron chi connectivity index (χ1n) is 7.87. The van der Waals surface area contributed by atoms with Gasteiger partial charge in [-0.1, -0.05) is 42.1 Å². The highest BCUT2D eigenvalue weighted by atomic mass is 32.2. The lowest BCUT2D eigenvalue weighted by molar-refractivity contribution is -0.148. The third-order valence-electron chi connectivity index (χ3n) is 3.83. The van der Waals surface area contributed by atoms with Gasteiger partial charge in [-0.3, -0.25) is 4.79 Å². The standard InChI is InChI=1S/C18H17F3N2O3S/c1-23(14(17(25)26)9-12-5-3-2-4-6-12)16(24)11-27-15-8-7-13(10-22-15)18(19,20)21/h2-8,10,14H,9,11H2,1H3,(H,25,26). The zero-order valence-electron chi connectivity index (χ0n) is 14.3. The number of aromatic nitrogens is 1. The number of aliphatic carboxylic acids is 1. The summed E-state index contributed by atoms with van der Waals surface area (Å²) in [4.78, 5) is 28.7. The quantitative estimate of drug-likeness (QED) is 0.725. The largest absolute Gasteiger partial charge is 0.480 e. The molecule has 0 bridgehead atoms. The third kappa shape index (κ3) is 5.99. The molecule has 27 heavy (non-hydrogen) atoms. The number of carboxylic acid groups (broad SMARTS) is 1. The summed E-state index contributed by atoms with van der Waals surface area (Å²) in [5, 5.41) is 9.68. The van der Waals surface area contributed by atoms with Crippen molar-refractivity contribution in [2.45, 2.75) is 23.7 Å². The van der Waals surface area contributed by atoms with Crippen molar-refractivity contribution in [3.63, 3.8) is 0 Å². The van der Waals surface area contributed by atoms with Crippen LogP contribution in [0.2, 0.25) is 0 Å². The lowest BCUT2D eigenvalue weighted by Gasteiger charge is -2.25. The van der Waals surface area contributed by atoms with Crippen molar-refractivity contribution in [1.29, 1.82) is 0 Å². The van der Waals surface area contributed by atoms with E-state index in [-0.39, 0.29) is 17.2 Å². The summed E-state index contributed by atoms with van der Waals surface area (Å²) in [5.74, 6) is -1.72. The number of nitrogens with zero attached hydrogens (tertiary/aromatic N) is 2. The van der Waals surface area contributed by atoms with E-state index < -0.39 is 29.7 Å². The van der Waals surface area contributed by atoms with Crippen LogP contribution in [0.3, 0.4) is 0 Å². The Labute approximate surface area is 158 Å². The maximum Gasteiger partial charge on any atom is 0.417 e. The number of hydrogen-bond acceptors (Lipinski definition) is 4. The molecule has 0 aliphatic rings. The van der Waals surface area contributed by atoms with Crippen LogP contribution in [0.15, 0.2) is 53.7 Å². The van der Waals surface area contributed by atoms with Crippen LogP contribution in [-0.4, -0.2) is 45.7 Å². The average molecular weight is 398 g/mol. The first-order chi connectivity index (χ1) is 12.7. The van der Waals surface area contributed by atoms with Crippen LogP contribution in [0.1, 0.15) is 11.1 Å². The predicted octanol–water partition coefficient (Wildman–Crippen LogP) is 3.35. The van der Waals surface area contributed by atoms with Gasteiger partial charge in [0.25, 0.3) is 0 Å². The molecule has 0 aliphatic heterocycles. The molecule has 1 N–H and O–H groups in total. The number of carbonyl (C=O) groups excluding carboxylic acids is 1. The summed E-state index contributed by atoms with van der Waals surface area (Å²) in [5.41, 5.74) is -0.0919.